The summed E-state index contributed by atoms with van der Waals surface area (Å²) in [4.78, 5) is 29.8. The Morgan fingerprint density at radius 3 is 2.89 bits per heavy atom. The van der Waals surface area contributed by atoms with Gasteiger partial charge in [0.25, 0.3) is 5.91 Å². The molecule has 1 aliphatic heterocycles. The molecule has 2 N–H and O–H groups in total. The summed E-state index contributed by atoms with van der Waals surface area (Å²) < 4.78 is 33.6. The maximum atomic E-state index is 13.2. The first-order chi connectivity index (χ1) is 18.2. The lowest BCUT2D eigenvalue weighted by Crippen LogP contribution is -2.51. The summed E-state index contributed by atoms with van der Waals surface area (Å²) in [5, 5.41) is 33.4. The van der Waals surface area contributed by atoms with Crippen molar-refractivity contribution in [1.29, 1.82) is 0 Å². The first kappa shape index (κ1) is 25.4. The molecule has 1 aliphatic rings. The van der Waals surface area contributed by atoms with E-state index < -0.39 is 30.8 Å². The molecule has 2 amide bonds. The molecule has 0 radical (unpaired) electrons. The third-order valence-corrected chi connectivity index (χ3v) is 6.30. The van der Waals surface area contributed by atoms with Gasteiger partial charge in [-0.3, -0.25) is 9.48 Å². The van der Waals surface area contributed by atoms with Crippen molar-refractivity contribution < 1.29 is 33.3 Å². The number of rotatable bonds is 6. The molecule has 0 spiro atoms. The third kappa shape index (κ3) is 4.95. The van der Waals surface area contributed by atoms with Gasteiger partial charge in [0.2, 0.25) is 0 Å². The van der Waals surface area contributed by atoms with E-state index in [4.69, 9.17) is 11.6 Å². The average Bonchev–Trinajstić information content (AvgIpc) is 3.49. The fraction of sp³-hybridized carbons (Fsp3) is 0.261. The van der Waals surface area contributed by atoms with E-state index >= 15 is 0 Å². The standard InChI is InChI=1S/C23H20ClF2N7O5/c24-12-2-3-18(38-22(25)26)13(8-12)19-15(29-21(35)14-9-28-32-6-1-5-27-20(14)32)10-33(30-19)16-11-31(23(36)37)7-4-17(16)34/h1-3,5-6,8-10,16-17,22,34H,4,7,11H2,(H,29,35)(H,36,37)/p-1/t16-,17-/m1/s1. The van der Waals surface area contributed by atoms with Crippen LogP contribution in [0.5, 0.6) is 5.75 Å². The van der Waals surface area contributed by atoms with Crippen molar-refractivity contribution in [1.82, 2.24) is 29.3 Å². The molecule has 1 saturated heterocycles. The fourth-order valence-corrected chi connectivity index (χ4v) is 4.43. The van der Waals surface area contributed by atoms with Gasteiger partial charge in [-0.15, -0.1) is 0 Å². The van der Waals surface area contributed by atoms with E-state index in [0.29, 0.717) is 0 Å². The number of aliphatic hydroxyl groups is 1. The molecule has 1 fully saturated rings. The van der Waals surface area contributed by atoms with Gasteiger partial charge in [-0.1, -0.05) is 11.6 Å². The van der Waals surface area contributed by atoms with Crippen LogP contribution >= 0.6 is 11.6 Å². The highest BCUT2D eigenvalue weighted by molar-refractivity contribution is 6.31. The molecule has 1 aromatic carbocycles. The lowest BCUT2D eigenvalue weighted by atomic mass is 10.0. The molecule has 15 heteroatoms. The highest BCUT2D eigenvalue weighted by atomic mass is 35.5. The minimum absolute atomic E-state index is 0.00120. The lowest BCUT2D eigenvalue weighted by molar-refractivity contribution is -0.267. The van der Waals surface area contributed by atoms with E-state index in [1.807, 2.05) is 0 Å². The number of nitrogens with zero attached hydrogens (tertiary/aromatic N) is 6. The molecule has 0 saturated carbocycles. The fourth-order valence-electron chi connectivity index (χ4n) is 4.26. The number of likely N-dealkylation sites (tertiary alicyclic amines) is 1. The topological polar surface area (TPSA) is 150 Å². The largest absolute Gasteiger partial charge is 0.530 e. The Labute approximate surface area is 218 Å². The van der Waals surface area contributed by atoms with Crippen LogP contribution in [0, 0.1) is 0 Å². The van der Waals surface area contributed by atoms with Crippen molar-refractivity contribution in [3.05, 3.63) is 59.6 Å². The second-order valence-corrected chi connectivity index (χ2v) is 8.86. The quantitative estimate of drug-likeness (QED) is 0.373. The number of carbonyl (C=O) groups is 2. The van der Waals surface area contributed by atoms with Gasteiger partial charge in [0.05, 0.1) is 24.0 Å². The van der Waals surface area contributed by atoms with Gasteiger partial charge in [0.1, 0.15) is 23.1 Å². The molecule has 5 rings (SSSR count). The number of benzene rings is 1. The van der Waals surface area contributed by atoms with Gasteiger partial charge in [0.15, 0.2) is 5.65 Å². The monoisotopic (exact) mass is 546 g/mol. The zero-order valence-electron chi connectivity index (χ0n) is 19.4. The summed E-state index contributed by atoms with van der Waals surface area (Å²) in [5.41, 5.74) is 0.492. The van der Waals surface area contributed by atoms with Gasteiger partial charge in [-0.05, 0) is 30.7 Å². The van der Waals surface area contributed by atoms with Crippen LogP contribution in [0.2, 0.25) is 5.02 Å². The van der Waals surface area contributed by atoms with Crippen LogP contribution in [0.1, 0.15) is 22.8 Å². The Kier molecular flexibility index (Phi) is 6.82. The first-order valence-corrected chi connectivity index (χ1v) is 11.7. The summed E-state index contributed by atoms with van der Waals surface area (Å²) in [6.45, 7) is -3.23. The molecule has 12 nitrogen and oxygen atoms in total. The van der Waals surface area contributed by atoms with Gasteiger partial charge in [0, 0.05) is 42.3 Å². The molecule has 38 heavy (non-hydrogen) atoms. The lowest BCUT2D eigenvalue weighted by Gasteiger charge is -2.37. The predicted octanol–water partition coefficient (Wildman–Crippen LogP) is 2.05. The molecular formula is C23H19ClF2N7O5-. The second kappa shape index (κ2) is 10.2. The third-order valence-electron chi connectivity index (χ3n) is 6.06. The maximum absolute atomic E-state index is 13.2. The van der Waals surface area contributed by atoms with Crippen LogP contribution in [0.25, 0.3) is 16.9 Å². The van der Waals surface area contributed by atoms with E-state index in [-0.39, 0.29) is 58.4 Å². The van der Waals surface area contributed by atoms with Crippen LogP contribution in [0.4, 0.5) is 19.3 Å². The Morgan fingerprint density at radius 2 is 2.13 bits per heavy atom. The van der Waals surface area contributed by atoms with Crippen LogP contribution in [-0.4, -0.2) is 72.2 Å². The average molecular weight is 547 g/mol. The highest BCUT2D eigenvalue weighted by Gasteiger charge is 2.32. The number of carbonyl (C=O) groups excluding carboxylic acids is 2. The van der Waals surface area contributed by atoms with Crippen LogP contribution in [0.3, 0.4) is 0 Å². The van der Waals surface area contributed by atoms with Crippen molar-refractivity contribution in [2.45, 2.75) is 25.2 Å². The van der Waals surface area contributed by atoms with Gasteiger partial charge in [-0.2, -0.15) is 19.0 Å². The minimum Gasteiger partial charge on any atom is -0.530 e. The van der Waals surface area contributed by atoms with Crippen LogP contribution in [0.15, 0.2) is 49.1 Å². The van der Waals surface area contributed by atoms with E-state index in [1.54, 1.807) is 12.3 Å². The van der Waals surface area contributed by atoms with Crippen molar-refractivity contribution in [3.8, 4) is 17.0 Å². The molecule has 4 heterocycles. The molecule has 0 bridgehead atoms. The number of alkyl halides is 2. The molecular weight excluding hydrogens is 528 g/mol. The number of hydrogen-bond acceptors (Lipinski definition) is 8. The van der Waals surface area contributed by atoms with Crippen molar-refractivity contribution in [2.24, 2.45) is 0 Å². The van der Waals surface area contributed by atoms with Crippen LogP contribution in [-0.2, 0) is 0 Å². The number of anilines is 1. The highest BCUT2D eigenvalue weighted by Crippen LogP contribution is 2.38. The van der Waals surface area contributed by atoms with Gasteiger partial charge in [-0.25, -0.2) is 9.50 Å². The van der Waals surface area contributed by atoms with E-state index in [0.717, 1.165) is 4.90 Å². The number of carboxylic acid groups (broad SMARTS) is 1. The van der Waals surface area contributed by atoms with E-state index in [2.05, 4.69) is 25.2 Å². The minimum atomic E-state index is -3.16. The Balaban J connectivity index is 1.59. The van der Waals surface area contributed by atoms with E-state index in [1.165, 1.54) is 46.0 Å². The number of aliphatic hydroxyl groups excluding tert-OH is 1. The maximum Gasteiger partial charge on any atom is 0.387 e. The number of halogens is 3. The zero-order valence-corrected chi connectivity index (χ0v) is 20.1. The molecule has 3 aromatic heterocycles. The smallest absolute Gasteiger partial charge is 0.387 e. The molecule has 0 unspecified atom stereocenters. The molecule has 0 aliphatic carbocycles. The SMILES string of the molecule is O=C(Nc1cn([C@@H]2CN(C(=O)[O-])CC[C@H]2O)nc1-c1cc(Cl)ccc1OC(F)F)c1cnn2cccnc12. The number of aromatic nitrogens is 5. The number of piperidine rings is 1. The summed E-state index contributed by atoms with van der Waals surface area (Å²) in [5.74, 6) is -0.887. The van der Waals surface area contributed by atoms with Crippen molar-refractivity contribution in [3.63, 3.8) is 0 Å². The Bertz CT molecular complexity index is 1510. The van der Waals surface area contributed by atoms with E-state index in [9.17, 15) is 28.6 Å². The van der Waals surface area contributed by atoms with Crippen LogP contribution < -0.4 is 15.2 Å². The summed E-state index contributed by atoms with van der Waals surface area (Å²) in [7, 11) is 0. The summed E-state index contributed by atoms with van der Waals surface area (Å²) >= 11 is 6.14. The van der Waals surface area contributed by atoms with Gasteiger partial charge >= 0.3 is 6.61 Å². The second-order valence-electron chi connectivity index (χ2n) is 8.43. The molecule has 4 aromatic rings. The predicted molar refractivity (Wildman–Crippen MR) is 127 cm³/mol. The first-order valence-electron chi connectivity index (χ1n) is 11.3. The number of fused-ring (bicyclic) bond motifs is 1. The zero-order chi connectivity index (χ0) is 27.0. The number of nitrogens with one attached hydrogen (secondary N) is 1. The Hall–Kier alpha value is -4.30. The summed E-state index contributed by atoms with van der Waals surface area (Å²) in [6, 6.07) is 4.70. The number of amides is 2. The Morgan fingerprint density at radius 1 is 1.32 bits per heavy atom. The number of hydrogen-bond donors (Lipinski definition) is 2. The van der Waals surface area contributed by atoms with Crippen molar-refractivity contribution >= 4 is 34.9 Å². The number of ether oxygens (including phenoxy) is 1. The normalized spacial score (nSPS) is 17.7. The van der Waals surface area contributed by atoms with Crippen molar-refractivity contribution in [2.75, 3.05) is 18.4 Å². The summed E-state index contributed by atoms with van der Waals surface area (Å²) in [6.07, 6.45) is 3.50. The molecule has 2 atom stereocenters. The molecule has 198 valence electrons. The van der Waals surface area contributed by atoms with Gasteiger partial charge < -0.3 is 30.0 Å².